The molecule has 0 radical (unpaired) electrons. The summed E-state index contributed by atoms with van der Waals surface area (Å²) in [6.07, 6.45) is 9.22. The van der Waals surface area contributed by atoms with Gasteiger partial charge in [-0.1, -0.05) is 30.3 Å². The van der Waals surface area contributed by atoms with Crippen molar-refractivity contribution in [3.63, 3.8) is 0 Å². The Hall–Kier alpha value is -3.13. The van der Waals surface area contributed by atoms with E-state index in [1.165, 1.54) is 0 Å². The minimum absolute atomic E-state index is 0.210. The molecule has 0 spiro atoms. The summed E-state index contributed by atoms with van der Waals surface area (Å²) in [6.45, 7) is 2.17. The van der Waals surface area contributed by atoms with Crippen LogP contribution < -0.4 is 10.6 Å². The first kappa shape index (κ1) is 17.3. The number of hydrogen-bond donors (Lipinski definition) is 2. The van der Waals surface area contributed by atoms with Gasteiger partial charge < -0.3 is 15.4 Å². The molecule has 1 aliphatic heterocycles. The van der Waals surface area contributed by atoms with Crippen molar-refractivity contribution in [2.75, 3.05) is 17.2 Å². The largest absolute Gasteiger partial charge is 0.376 e. The number of nitrogens with one attached hydrogen (secondary N) is 2. The molecule has 1 atom stereocenters. The number of rotatable bonds is 6. The zero-order valence-electron chi connectivity index (χ0n) is 14.9. The van der Waals surface area contributed by atoms with Crippen LogP contribution in [0.1, 0.15) is 18.4 Å². The first-order chi connectivity index (χ1) is 13.2. The monoisotopic (exact) mass is 366 g/mol. The summed E-state index contributed by atoms with van der Waals surface area (Å²) in [4.78, 5) is 12.2. The Bertz CT molecular complexity index is 883. The van der Waals surface area contributed by atoms with Crippen LogP contribution in [0, 0.1) is 0 Å². The van der Waals surface area contributed by atoms with Crippen molar-refractivity contribution in [3.05, 3.63) is 60.7 Å². The van der Waals surface area contributed by atoms with Crippen LogP contribution in [0.25, 0.3) is 0 Å². The quantitative estimate of drug-likeness (QED) is 0.702. The van der Waals surface area contributed by atoms with Gasteiger partial charge in [-0.15, -0.1) is 0 Å². The summed E-state index contributed by atoms with van der Waals surface area (Å²) in [5.41, 5.74) is 2.42. The zero-order valence-corrected chi connectivity index (χ0v) is 14.9. The molecule has 1 aliphatic rings. The van der Waals surface area contributed by atoms with Crippen molar-refractivity contribution in [2.45, 2.75) is 32.0 Å². The molecule has 2 amide bonds. The van der Waals surface area contributed by atoms with Gasteiger partial charge in [0.1, 0.15) is 0 Å². The highest BCUT2D eigenvalue weighted by Gasteiger charge is 2.16. The third kappa shape index (κ3) is 4.73. The van der Waals surface area contributed by atoms with Gasteiger partial charge in [0.15, 0.2) is 0 Å². The van der Waals surface area contributed by atoms with E-state index in [1.54, 1.807) is 34.2 Å². The van der Waals surface area contributed by atoms with Crippen LogP contribution in [0.15, 0.2) is 55.1 Å². The Morgan fingerprint density at radius 1 is 1.07 bits per heavy atom. The fourth-order valence-corrected chi connectivity index (χ4v) is 3.10. The van der Waals surface area contributed by atoms with Gasteiger partial charge >= 0.3 is 6.03 Å². The van der Waals surface area contributed by atoms with E-state index in [4.69, 9.17) is 4.74 Å². The molecule has 3 heterocycles. The highest BCUT2D eigenvalue weighted by atomic mass is 16.5. The molecule has 140 valence electrons. The maximum Gasteiger partial charge on any atom is 0.323 e. The molecular weight excluding hydrogens is 344 g/mol. The molecule has 1 fully saturated rings. The molecule has 0 aliphatic carbocycles. The molecule has 0 saturated carbocycles. The van der Waals surface area contributed by atoms with Crippen molar-refractivity contribution in [2.24, 2.45) is 0 Å². The maximum atomic E-state index is 12.2. The van der Waals surface area contributed by atoms with Crippen LogP contribution in [-0.4, -0.2) is 38.3 Å². The Morgan fingerprint density at radius 3 is 2.48 bits per heavy atom. The second-order valence-corrected chi connectivity index (χ2v) is 6.58. The van der Waals surface area contributed by atoms with Crippen molar-refractivity contribution in [1.29, 1.82) is 0 Å². The van der Waals surface area contributed by atoms with Gasteiger partial charge in [0, 0.05) is 19.0 Å². The van der Waals surface area contributed by atoms with E-state index in [1.807, 2.05) is 30.3 Å². The van der Waals surface area contributed by atoms with Gasteiger partial charge in [-0.3, -0.25) is 9.36 Å². The highest BCUT2D eigenvalue weighted by Crippen LogP contribution is 2.15. The number of benzene rings is 1. The molecule has 27 heavy (non-hydrogen) atoms. The summed E-state index contributed by atoms with van der Waals surface area (Å²) in [7, 11) is 0. The van der Waals surface area contributed by atoms with Gasteiger partial charge in [-0.05, 0) is 18.4 Å². The van der Waals surface area contributed by atoms with Crippen LogP contribution >= 0.6 is 0 Å². The Labute approximate surface area is 157 Å². The number of anilines is 2. The minimum atomic E-state index is -0.328. The van der Waals surface area contributed by atoms with Crippen LogP contribution in [0.2, 0.25) is 0 Å². The molecule has 8 heteroatoms. The second-order valence-electron chi connectivity index (χ2n) is 6.58. The van der Waals surface area contributed by atoms with Gasteiger partial charge in [0.05, 0.1) is 43.0 Å². The SMILES string of the molecule is O=C(Nc1cnn(Cc2ccccc2)c1)Nc1cnn(CC2CCCO2)c1. The molecule has 1 unspecified atom stereocenters. The lowest BCUT2D eigenvalue weighted by Gasteiger charge is -2.08. The average molecular weight is 366 g/mol. The van der Waals surface area contributed by atoms with Crippen molar-refractivity contribution in [3.8, 4) is 0 Å². The topological polar surface area (TPSA) is 86.0 Å². The number of ether oxygens (including phenoxy) is 1. The molecule has 2 N–H and O–H groups in total. The summed E-state index contributed by atoms with van der Waals surface area (Å²) < 4.78 is 9.18. The van der Waals surface area contributed by atoms with Gasteiger partial charge in [-0.2, -0.15) is 10.2 Å². The van der Waals surface area contributed by atoms with E-state index in [-0.39, 0.29) is 12.1 Å². The lowest BCUT2D eigenvalue weighted by molar-refractivity contribution is 0.0940. The Kier molecular flexibility index (Phi) is 5.15. The lowest BCUT2D eigenvalue weighted by Crippen LogP contribution is -2.19. The Morgan fingerprint density at radius 2 is 1.78 bits per heavy atom. The van der Waals surface area contributed by atoms with Crippen molar-refractivity contribution >= 4 is 17.4 Å². The number of hydrogen-bond acceptors (Lipinski definition) is 4. The number of urea groups is 1. The van der Waals surface area contributed by atoms with Gasteiger partial charge in [0.2, 0.25) is 0 Å². The molecular formula is C19H22N6O2. The third-order valence-corrected chi connectivity index (χ3v) is 4.38. The van der Waals surface area contributed by atoms with E-state index in [9.17, 15) is 4.79 Å². The van der Waals surface area contributed by atoms with Crippen LogP contribution in [0.4, 0.5) is 16.2 Å². The van der Waals surface area contributed by atoms with Crippen LogP contribution in [0.5, 0.6) is 0 Å². The lowest BCUT2D eigenvalue weighted by atomic mass is 10.2. The third-order valence-electron chi connectivity index (χ3n) is 4.38. The normalized spacial score (nSPS) is 16.4. The smallest absolute Gasteiger partial charge is 0.323 e. The molecule has 0 bridgehead atoms. The van der Waals surface area contributed by atoms with E-state index < -0.39 is 0 Å². The molecule has 1 saturated heterocycles. The first-order valence-corrected chi connectivity index (χ1v) is 9.03. The van der Waals surface area contributed by atoms with E-state index in [0.717, 1.165) is 25.0 Å². The molecule has 1 aromatic carbocycles. The van der Waals surface area contributed by atoms with Gasteiger partial charge in [-0.25, -0.2) is 4.79 Å². The fraction of sp³-hybridized carbons (Fsp3) is 0.316. The molecule has 2 aromatic heterocycles. The predicted molar refractivity (Wildman–Crippen MR) is 102 cm³/mol. The number of aromatic nitrogens is 4. The molecule has 3 aromatic rings. The summed E-state index contributed by atoms with van der Waals surface area (Å²) in [5, 5.41) is 14.1. The predicted octanol–water partition coefficient (Wildman–Crippen LogP) is 2.95. The van der Waals surface area contributed by atoms with E-state index in [2.05, 4.69) is 20.8 Å². The standard InChI is InChI=1S/C19H22N6O2/c26-19(23-17-10-21-25(13-17)14-18-7-4-8-27-18)22-16-9-20-24(12-16)11-15-5-2-1-3-6-15/h1-3,5-6,9-10,12-13,18H,4,7-8,11,14H2,(H2,22,23,26). The number of carbonyl (C=O) groups excluding carboxylic acids is 1. The Balaban J connectivity index is 1.28. The summed E-state index contributed by atoms with van der Waals surface area (Å²) in [6, 6.07) is 9.71. The maximum absolute atomic E-state index is 12.2. The van der Waals surface area contributed by atoms with Crippen LogP contribution in [0.3, 0.4) is 0 Å². The van der Waals surface area contributed by atoms with Crippen LogP contribution in [-0.2, 0) is 17.8 Å². The number of amides is 2. The number of nitrogens with zero attached hydrogens (tertiary/aromatic N) is 4. The fourth-order valence-electron chi connectivity index (χ4n) is 3.10. The minimum Gasteiger partial charge on any atom is -0.376 e. The van der Waals surface area contributed by atoms with Gasteiger partial charge in [0.25, 0.3) is 0 Å². The van der Waals surface area contributed by atoms with Crippen molar-refractivity contribution < 1.29 is 9.53 Å². The highest BCUT2D eigenvalue weighted by molar-refractivity contribution is 5.99. The molecule has 8 nitrogen and oxygen atoms in total. The summed E-state index contributed by atoms with van der Waals surface area (Å²) >= 11 is 0. The first-order valence-electron chi connectivity index (χ1n) is 9.03. The van der Waals surface area contributed by atoms with Crippen molar-refractivity contribution in [1.82, 2.24) is 19.6 Å². The van der Waals surface area contributed by atoms with E-state index in [0.29, 0.717) is 24.5 Å². The summed E-state index contributed by atoms with van der Waals surface area (Å²) in [5.74, 6) is 0. The molecule has 4 rings (SSSR count). The second kappa shape index (κ2) is 8.05. The van der Waals surface area contributed by atoms with E-state index >= 15 is 0 Å². The zero-order chi connectivity index (χ0) is 18.5. The number of carbonyl (C=O) groups is 1. The average Bonchev–Trinajstić information content (AvgIpc) is 3.40.